The van der Waals surface area contributed by atoms with E-state index in [1.54, 1.807) is 24.4 Å². The number of nitrogens with one attached hydrogen (secondary N) is 1. The summed E-state index contributed by atoms with van der Waals surface area (Å²) in [4.78, 5) is 7.73. The van der Waals surface area contributed by atoms with Gasteiger partial charge in [-0.3, -0.25) is 9.97 Å². The second-order valence-corrected chi connectivity index (χ2v) is 5.59. The second kappa shape index (κ2) is 5.43. The van der Waals surface area contributed by atoms with Crippen LogP contribution in [0.1, 0.15) is 5.69 Å². The van der Waals surface area contributed by atoms with Gasteiger partial charge in [-0.15, -0.1) is 0 Å². The van der Waals surface area contributed by atoms with Crippen LogP contribution in [0.3, 0.4) is 0 Å². The molecule has 5 nitrogen and oxygen atoms in total. The van der Waals surface area contributed by atoms with Gasteiger partial charge in [0.15, 0.2) is 0 Å². The van der Waals surface area contributed by atoms with Crippen molar-refractivity contribution in [3.63, 3.8) is 0 Å². The zero-order chi connectivity index (χ0) is 13.0. The Hall–Kier alpha value is -1.50. The van der Waals surface area contributed by atoms with Crippen molar-refractivity contribution in [1.82, 2.24) is 14.7 Å². The lowest BCUT2D eigenvalue weighted by atomic mass is 10.4. The summed E-state index contributed by atoms with van der Waals surface area (Å²) >= 11 is 5.82. The Morgan fingerprint density at radius 3 is 2.72 bits per heavy atom. The van der Waals surface area contributed by atoms with Gasteiger partial charge >= 0.3 is 0 Å². The van der Waals surface area contributed by atoms with Crippen molar-refractivity contribution in [1.29, 1.82) is 0 Å². The normalized spacial score (nSPS) is 11.4. The minimum atomic E-state index is -3.67. The smallest absolute Gasteiger partial charge is 0.243 e. The van der Waals surface area contributed by atoms with Gasteiger partial charge in [-0.25, -0.2) is 13.1 Å². The van der Waals surface area contributed by atoms with Crippen molar-refractivity contribution in [2.45, 2.75) is 11.4 Å². The lowest BCUT2D eigenvalue weighted by molar-refractivity contribution is 0.580. The van der Waals surface area contributed by atoms with Crippen molar-refractivity contribution in [2.75, 3.05) is 0 Å². The molecule has 0 aliphatic heterocycles. The lowest BCUT2D eigenvalue weighted by Crippen LogP contribution is -2.24. The van der Waals surface area contributed by atoms with E-state index < -0.39 is 10.0 Å². The van der Waals surface area contributed by atoms with Gasteiger partial charge in [0.05, 0.1) is 17.3 Å². The Bertz CT molecular complexity index is 632. The Kier molecular flexibility index (Phi) is 3.90. The molecule has 0 atom stereocenters. The van der Waals surface area contributed by atoms with Gasteiger partial charge in [0.1, 0.15) is 4.90 Å². The number of nitrogens with zero attached hydrogens (tertiary/aromatic N) is 2. The SMILES string of the molecule is O=S(=O)(NCc1ccccn1)c1cnccc1Cl. The molecule has 0 unspecified atom stereocenters. The minimum Gasteiger partial charge on any atom is -0.263 e. The van der Waals surface area contributed by atoms with Crippen LogP contribution in [0.5, 0.6) is 0 Å². The van der Waals surface area contributed by atoms with Gasteiger partial charge in [0, 0.05) is 18.6 Å². The molecular weight excluding hydrogens is 274 g/mol. The predicted octanol–water partition coefficient (Wildman–Crippen LogP) is 1.61. The van der Waals surface area contributed by atoms with E-state index in [-0.39, 0.29) is 16.5 Å². The minimum absolute atomic E-state index is 0.0393. The van der Waals surface area contributed by atoms with Crippen LogP contribution in [0.2, 0.25) is 5.02 Å². The first-order chi connectivity index (χ1) is 8.59. The zero-order valence-corrected chi connectivity index (χ0v) is 10.8. The molecule has 0 amide bonds. The number of sulfonamides is 1. The Morgan fingerprint density at radius 2 is 2.06 bits per heavy atom. The van der Waals surface area contributed by atoms with Crippen LogP contribution < -0.4 is 4.72 Å². The van der Waals surface area contributed by atoms with E-state index in [0.717, 1.165) is 0 Å². The third-order valence-corrected chi connectivity index (χ3v) is 4.06. The molecule has 2 aromatic heterocycles. The summed E-state index contributed by atoms with van der Waals surface area (Å²) in [6.07, 6.45) is 4.24. The molecule has 0 fully saturated rings. The maximum Gasteiger partial charge on any atom is 0.243 e. The molecule has 7 heteroatoms. The van der Waals surface area contributed by atoms with Crippen LogP contribution in [-0.2, 0) is 16.6 Å². The highest BCUT2D eigenvalue weighted by Gasteiger charge is 2.17. The summed E-state index contributed by atoms with van der Waals surface area (Å²) in [7, 11) is -3.67. The van der Waals surface area contributed by atoms with Gasteiger partial charge < -0.3 is 0 Å². The number of aromatic nitrogens is 2. The average molecular weight is 284 g/mol. The molecule has 0 bridgehead atoms. The number of hydrogen-bond acceptors (Lipinski definition) is 4. The second-order valence-electron chi connectivity index (χ2n) is 3.45. The fourth-order valence-electron chi connectivity index (χ4n) is 1.31. The van der Waals surface area contributed by atoms with E-state index >= 15 is 0 Å². The zero-order valence-electron chi connectivity index (χ0n) is 9.25. The monoisotopic (exact) mass is 283 g/mol. The summed E-state index contributed by atoms with van der Waals surface area (Å²) in [5.41, 5.74) is 0.626. The topological polar surface area (TPSA) is 72.0 Å². The molecule has 0 radical (unpaired) electrons. The van der Waals surface area contributed by atoms with Crippen LogP contribution >= 0.6 is 11.6 Å². The Balaban J connectivity index is 2.16. The van der Waals surface area contributed by atoms with E-state index in [2.05, 4.69) is 14.7 Å². The predicted molar refractivity (Wildman–Crippen MR) is 67.5 cm³/mol. The summed E-state index contributed by atoms with van der Waals surface area (Å²) in [5, 5.41) is 0.138. The van der Waals surface area contributed by atoms with E-state index in [4.69, 9.17) is 11.6 Å². The first-order valence-electron chi connectivity index (χ1n) is 5.09. The van der Waals surface area contributed by atoms with Crippen LogP contribution in [0.4, 0.5) is 0 Å². The van der Waals surface area contributed by atoms with Gasteiger partial charge in [0.25, 0.3) is 0 Å². The van der Waals surface area contributed by atoms with Crippen molar-refractivity contribution >= 4 is 21.6 Å². The van der Waals surface area contributed by atoms with Crippen molar-refractivity contribution in [3.8, 4) is 0 Å². The molecule has 0 saturated heterocycles. The maximum absolute atomic E-state index is 12.0. The number of halogens is 1. The van der Waals surface area contributed by atoms with Crippen molar-refractivity contribution in [2.24, 2.45) is 0 Å². The molecule has 0 aromatic carbocycles. The summed E-state index contributed by atoms with van der Waals surface area (Å²) < 4.78 is 26.3. The summed E-state index contributed by atoms with van der Waals surface area (Å²) in [5.74, 6) is 0. The van der Waals surface area contributed by atoms with E-state index in [0.29, 0.717) is 5.69 Å². The molecule has 94 valence electrons. The molecule has 2 heterocycles. The van der Waals surface area contributed by atoms with Crippen molar-refractivity contribution < 1.29 is 8.42 Å². The van der Waals surface area contributed by atoms with Gasteiger partial charge in [0.2, 0.25) is 10.0 Å². The fourth-order valence-corrected chi connectivity index (χ4v) is 2.74. The van der Waals surface area contributed by atoms with Crippen molar-refractivity contribution in [3.05, 3.63) is 53.6 Å². The highest BCUT2D eigenvalue weighted by Crippen LogP contribution is 2.18. The summed E-state index contributed by atoms with van der Waals surface area (Å²) in [6.45, 7) is 0.106. The Morgan fingerprint density at radius 1 is 1.22 bits per heavy atom. The molecule has 18 heavy (non-hydrogen) atoms. The largest absolute Gasteiger partial charge is 0.263 e. The standard InChI is InChI=1S/C11H10ClN3O2S/c12-10-4-6-13-8-11(10)18(16,17)15-7-9-3-1-2-5-14-9/h1-6,8,15H,7H2. The first-order valence-corrected chi connectivity index (χ1v) is 6.95. The van der Waals surface area contributed by atoms with Crippen LogP contribution in [0.15, 0.2) is 47.8 Å². The molecule has 1 N–H and O–H groups in total. The van der Waals surface area contributed by atoms with E-state index in [1.807, 2.05) is 0 Å². The summed E-state index contributed by atoms with van der Waals surface area (Å²) in [6, 6.07) is 6.70. The molecule has 2 rings (SSSR count). The van der Waals surface area contributed by atoms with Crippen LogP contribution in [0.25, 0.3) is 0 Å². The molecule has 0 aliphatic carbocycles. The average Bonchev–Trinajstić information content (AvgIpc) is 2.38. The third kappa shape index (κ3) is 3.04. The number of rotatable bonds is 4. The number of pyridine rings is 2. The molecule has 0 aliphatic rings. The fraction of sp³-hybridized carbons (Fsp3) is 0.0909. The first kappa shape index (κ1) is 12.9. The van der Waals surface area contributed by atoms with Gasteiger partial charge in [-0.05, 0) is 18.2 Å². The lowest BCUT2D eigenvalue weighted by Gasteiger charge is -2.07. The van der Waals surface area contributed by atoms with E-state index in [9.17, 15) is 8.42 Å². The van der Waals surface area contributed by atoms with Crippen LogP contribution in [0, 0.1) is 0 Å². The third-order valence-electron chi connectivity index (χ3n) is 2.19. The van der Waals surface area contributed by atoms with Gasteiger partial charge in [-0.1, -0.05) is 17.7 Å². The number of hydrogen-bond donors (Lipinski definition) is 1. The Labute approximate surface area is 110 Å². The highest BCUT2D eigenvalue weighted by molar-refractivity contribution is 7.89. The molecule has 0 spiro atoms. The van der Waals surface area contributed by atoms with Crippen LogP contribution in [-0.4, -0.2) is 18.4 Å². The molecule has 0 saturated carbocycles. The molecular formula is C11H10ClN3O2S. The molecule has 2 aromatic rings. The van der Waals surface area contributed by atoms with E-state index in [1.165, 1.54) is 18.5 Å². The highest BCUT2D eigenvalue weighted by atomic mass is 35.5. The van der Waals surface area contributed by atoms with Gasteiger partial charge in [-0.2, -0.15) is 0 Å². The maximum atomic E-state index is 12.0. The quantitative estimate of drug-likeness (QED) is 0.925.